The van der Waals surface area contributed by atoms with Crippen molar-refractivity contribution in [3.63, 3.8) is 0 Å². The Bertz CT molecular complexity index is 868. The van der Waals surface area contributed by atoms with Crippen LogP contribution in [-0.4, -0.2) is 52.0 Å². The monoisotopic (exact) mass is 380 g/mol. The first-order chi connectivity index (χ1) is 11.9. The summed E-state index contributed by atoms with van der Waals surface area (Å²) >= 11 is 1.29. The van der Waals surface area contributed by atoms with E-state index in [0.29, 0.717) is 36.0 Å². The Balaban J connectivity index is 1.76. The van der Waals surface area contributed by atoms with E-state index in [-0.39, 0.29) is 5.97 Å². The van der Waals surface area contributed by atoms with Crippen LogP contribution >= 0.6 is 11.3 Å². The Morgan fingerprint density at radius 2 is 1.76 bits per heavy atom. The van der Waals surface area contributed by atoms with E-state index in [0.717, 1.165) is 10.6 Å². The number of piperazine rings is 1. The molecule has 6 nitrogen and oxygen atoms in total. The molecule has 1 aromatic heterocycles. The molecule has 1 aromatic carbocycles. The maximum Gasteiger partial charge on any atom is 0.339 e. The molecule has 1 fully saturated rings. The lowest BCUT2D eigenvalue weighted by atomic mass is 10.1. The third-order valence-electron chi connectivity index (χ3n) is 4.20. The summed E-state index contributed by atoms with van der Waals surface area (Å²) in [5.41, 5.74) is 1.27. The van der Waals surface area contributed by atoms with Crippen molar-refractivity contribution in [3.8, 4) is 0 Å². The average Bonchev–Trinajstić information content (AvgIpc) is 3.08. The van der Waals surface area contributed by atoms with Crippen LogP contribution in [0.2, 0.25) is 0 Å². The van der Waals surface area contributed by atoms with Crippen LogP contribution in [0.1, 0.15) is 15.2 Å². The first kappa shape index (κ1) is 17.9. The lowest BCUT2D eigenvalue weighted by Crippen LogP contribution is -2.48. The number of thiophene rings is 1. The van der Waals surface area contributed by atoms with Crippen molar-refractivity contribution in [3.05, 3.63) is 46.8 Å². The van der Waals surface area contributed by atoms with Crippen LogP contribution in [0.25, 0.3) is 0 Å². The van der Waals surface area contributed by atoms with Crippen molar-refractivity contribution in [1.82, 2.24) is 4.31 Å². The number of carbonyl (C=O) groups excluding carboxylic acids is 1. The maximum absolute atomic E-state index is 12.7. The van der Waals surface area contributed by atoms with Crippen LogP contribution < -0.4 is 4.90 Å². The average molecular weight is 380 g/mol. The van der Waals surface area contributed by atoms with Crippen LogP contribution in [0.15, 0.2) is 40.6 Å². The Morgan fingerprint density at radius 1 is 1.08 bits per heavy atom. The van der Waals surface area contributed by atoms with Crippen molar-refractivity contribution < 1.29 is 17.9 Å². The first-order valence-electron chi connectivity index (χ1n) is 7.92. The molecule has 2 heterocycles. The van der Waals surface area contributed by atoms with Gasteiger partial charge in [-0.15, -0.1) is 11.3 Å². The van der Waals surface area contributed by atoms with Gasteiger partial charge in [0, 0.05) is 31.1 Å². The van der Waals surface area contributed by atoms with Gasteiger partial charge in [0.1, 0.15) is 4.21 Å². The van der Waals surface area contributed by atoms with E-state index in [2.05, 4.69) is 0 Å². The van der Waals surface area contributed by atoms with Gasteiger partial charge in [0.25, 0.3) is 10.0 Å². The third-order valence-corrected chi connectivity index (χ3v) is 7.57. The molecular weight excluding hydrogens is 360 g/mol. The number of carbonyl (C=O) groups is 1. The van der Waals surface area contributed by atoms with Gasteiger partial charge >= 0.3 is 5.97 Å². The predicted molar refractivity (Wildman–Crippen MR) is 97.8 cm³/mol. The van der Waals surface area contributed by atoms with Gasteiger partial charge in [-0.2, -0.15) is 4.31 Å². The number of sulfonamides is 1. The van der Waals surface area contributed by atoms with Gasteiger partial charge < -0.3 is 9.64 Å². The Hall–Kier alpha value is -1.90. The van der Waals surface area contributed by atoms with E-state index in [1.54, 1.807) is 18.2 Å². The Kier molecular flexibility index (Phi) is 5.12. The highest BCUT2D eigenvalue weighted by molar-refractivity contribution is 7.91. The number of methoxy groups -OCH3 is 1. The maximum atomic E-state index is 12.7. The Labute approximate surface area is 151 Å². The van der Waals surface area contributed by atoms with Gasteiger partial charge in [-0.05, 0) is 31.2 Å². The number of nitrogens with zero attached hydrogens (tertiary/aromatic N) is 2. The van der Waals surface area contributed by atoms with Crippen LogP contribution in [0.3, 0.4) is 0 Å². The number of ether oxygens (including phenoxy) is 1. The normalized spacial score (nSPS) is 16.0. The number of aryl methyl sites for hydroxylation is 1. The van der Waals surface area contributed by atoms with Crippen LogP contribution in [0, 0.1) is 6.92 Å². The van der Waals surface area contributed by atoms with E-state index in [1.807, 2.05) is 30.0 Å². The number of para-hydroxylation sites is 1. The molecule has 0 unspecified atom stereocenters. The minimum atomic E-state index is -3.44. The standard InChI is InChI=1S/C17H20N2O4S2/c1-13-7-8-16(24-13)25(21,22)19-11-9-18(10-12-19)15-6-4-3-5-14(15)17(20)23-2/h3-8H,9-12H2,1-2H3. The van der Waals surface area contributed by atoms with Gasteiger partial charge in [-0.25, -0.2) is 13.2 Å². The summed E-state index contributed by atoms with van der Waals surface area (Å²) in [6.07, 6.45) is 0. The third kappa shape index (κ3) is 3.56. The molecular formula is C17H20N2O4S2. The fourth-order valence-corrected chi connectivity index (χ4v) is 5.74. The fraction of sp³-hybridized carbons (Fsp3) is 0.353. The van der Waals surface area contributed by atoms with Gasteiger partial charge in [-0.1, -0.05) is 12.1 Å². The van der Waals surface area contributed by atoms with Crippen LogP contribution in [0.4, 0.5) is 5.69 Å². The van der Waals surface area contributed by atoms with Gasteiger partial charge in [0.2, 0.25) is 0 Å². The molecule has 1 aliphatic heterocycles. The smallest absolute Gasteiger partial charge is 0.339 e. The van der Waals surface area contributed by atoms with Gasteiger partial charge in [-0.3, -0.25) is 0 Å². The second-order valence-electron chi connectivity index (χ2n) is 5.76. The van der Waals surface area contributed by atoms with Crippen molar-refractivity contribution in [2.75, 3.05) is 38.2 Å². The van der Waals surface area contributed by atoms with Gasteiger partial charge in [0.05, 0.1) is 18.4 Å². The molecule has 0 spiro atoms. The van der Waals surface area contributed by atoms with E-state index in [9.17, 15) is 13.2 Å². The molecule has 0 N–H and O–H groups in total. The predicted octanol–water partition coefficient (Wildman–Crippen LogP) is 2.35. The summed E-state index contributed by atoms with van der Waals surface area (Å²) in [5, 5.41) is 0. The van der Waals surface area contributed by atoms with E-state index >= 15 is 0 Å². The molecule has 0 radical (unpaired) electrons. The molecule has 134 valence electrons. The molecule has 0 atom stereocenters. The number of hydrogen-bond donors (Lipinski definition) is 0. The fourth-order valence-electron chi connectivity index (χ4n) is 2.88. The molecule has 2 aromatic rings. The molecule has 3 rings (SSSR count). The van der Waals surface area contributed by atoms with Crippen molar-refractivity contribution in [1.29, 1.82) is 0 Å². The number of hydrogen-bond acceptors (Lipinski definition) is 6. The summed E-state index contributed by atoms with van der Waals surface area (Å²) in [6.45, 7) is 3.71. The summed E-state index contributed by atoms with van der Waals surface area (Å²) in [7, 11) is -2.09. The highest BCUT2D eigenvalue weighted by atomic mass is 32.2. The zero-order chi connectivity index (χ0) is 18.0. The molecule has 0 saturated carbocycles. The molecule has 8 heteroatoms. The summed E-state index contributed by atoms with van der Waals surface area (Å²) in [5.74, 6) is -0.389. The lowest BCUT2D eigenvalue weighted by molar-refractivity contribution is 0.0601. The Morgan fingerprint density at radius 3 is 2.36 bits per heavy atom. The highest BCUT2D eigenvalue weighted by Gasteiger charge is 2.30. The topological polar surface area (TPSA) is 66.9 Å². The van der Waals surface area contributed by atoms with Crippen LogP contribution in [-0.2, 0) is 14.8 Å². The highest BCUT2D eigenvalue weighted by Crippen LogP contribution is 2.27. The lowest BCUT2D eigenvalue weighted by Gasteiger charge is -2.35. The largest absolute Gasteiger partial charge is 0.465 e. The van der Waals surface area contributed by atoms with E-state index in [4.69, 9.17) is 4.74 Å². The summed E-state index contributed by atoms with van der Waals surface area (Å²) < 4.78 is 32.1. The minimum absolute atomic E-state index is 0.383. The van der Waals surface area contributed by atoms with Crippen LogP contribution in [0.5, 0.6) is 0 Å². The number of rotatable bonds is 4. The molecule has 1 aliphatic rings. The molecule has 0 amide bonds. The van der Waals surface area contributed by atoms with E-state index < -0.39 is 10.0 Å². The number of esters is 1. The van der Waals surface area contributed by atoms with Crippen molar-refractivity contribution in [2.45, 2.75) is 11.1 Å². The second-order valence-corrected chi connectivity index (χ2v) is 9.22. The van der Waals surface area contributed by atoms with E-state index in [1.165, 1.54) is 22.8 Å². The second kappa shape index (κ2) is 7.15. The summed E-state index contributed by atoms with van der Waals surface area (Å²) in [6, 6.07) is 10.7. The number of benzene rings is 1. The zero-order valence-electron chi connectivity index (χ0n) is 14.1. The number of anilines is 1. The first-order valence-corrected chi connectivity index (χ1v) is 10.2. The molecule has 1 saturated heterocycles. The SMILES string of the molecule is COC(=O)c1ccccc1N1CCN(S(=O)(=O)c2ccc(C)s2)CC1. The van der Waals surface area contributed by atoms with Crippen molar-refractivity contribution in [2.24, 2.45) is 0 Å². The molecule has 25 heavy (non-hydrogen) atoms. The molecule has 0 bridgehead atoms. The minimum Gasteiger partial charge on any atom is -0.465 e. The van der Waals surface area contributed by atoms with Gasteiger partial charge in [0.15, 0.2) is 0 Å². The zero-order valence-corrected chi connectivity index (χ0v) is 15.8. The van der Waals surface area contributed by atoms with Crippen molar-refractivity contribution >= 4 is 33.0 Å². The quantitative estimate of drug-likeness (QED) is 0.762. The summed E-state index contributed by atoms with van der Waals surface area (Å²) in [4.78, 5) is 14.9. The molecule has 0 aliphatic carbocycles.